The van der Waals surface area contributed by atoms with Gasteiger partial charge >= 0.3 is 0 Å². The maximum absolute atomic E-state index is 6.26. The van der Waals surface area contributed by atoms with Gasteiger partial charge in [0.2, 0.25) is 0 Å². The monoisotopic (exact) mass is 283 g/mol. The van der Waals surface area contributed by atoms with Gasteiger partial charge < -0.3 is 15.4 Å². The second-order valence-corrected chi connectivity index (χ2v) is 6.81. The fraction of sp³-hybridized carbons (Fsp3) is 0.786. The maximum atomic E-state index is 6.26. The highest BCUT2D eigenvalue weighted by atomic mass is 32.1. The molecule has 0 unspecified atom stereocenters. The average Bonchev–Trinajstić information content (AvgIpc) is 2.59. The molecule has 0 aliphatic carbocycles. The van der Waals surface area contributed by atoms with Gasteiger partial charge in [-0.25, -0.2) is 4.98 Å². The zero-order valence-electron chi connectivity index (χ0n) is 12.2. The molecule has 0 spiro atoms. The zero-order valence-corrected chi connectivity index (χ0v) is 13.1. The number of thiazole rings is 1. The minimum atomic E-state index is -0.352. The van der Waals surface area contributed by atoms with Gasteiger partial charge in [0, 0.05) is 25.7 Å². The molecule has 19 heavy (non-hydrogen) atoms. The quantitative estimate of drug-likeness (QED) is 0.923. The predicted molar refractivity (Wildman–Crippen MR) is 80.7 cm³/mol. The van der Waals surface area contributed by atoms with Gasteiger partial charge in [-0.3, -0.25) is 0 Å². The first-order valence-electron chi connectivity index (χ1n) is 7.05. The Bertz CT molecular complexity index is 403. The summed E-state index contributed by atoms with van der Waals surface area (Å²) in [5.41, 5.74) is 6.91. The number of aromatic nitrogens is 1. The van der Waals surface area contributed by atoms with Gasteiger partial charge in [0.25, 0.3) is 0 Å². The Morgan fingerprint density at radius 3 is 2.42 bits per heavy atom. The van der Waals surface area contributed by atoms with Crippen molar-refractivity contribution in [2.45, 2.75) is 51.7 Å². The number of nitrogens with two attached hydrogens (primary N) is 1. The molecule has 1 aliphatic rings. The fourth-order valence-corrected chi connectivity index (χ4v) is 3.61. The van der Waals surface area contributed by atoms with Crippen molar-refractivity contribution >= 4 is 16.5 Å². The Morgan fingerprint density at radius 1 is 1.26 bits per heavy atom. The molecule has 2 rings (SSSR count). The standard InChI is InChI=1S/C14H25N3OS/c1-14(2,15)12-11(10-18-3)16-13(19-12)17-8-6-4-5-7-9-17/h4-10,15H2,1-3H3. The molecule has 5 heteroatoms. The van der Waals surface area contributed by atoms with Crippen molar-refractivity contribution < 1.29 is 4.74 Å². The first kappa shape index (κ1) is 14.8. The third-order valence-corrected chi connectivity index (χ3v) is 4.93. The predicted octanol–water partition coefficient (Wildman–Crippen LogP) is 2.86. The Labute approximate surface area is 120 Å². The normalized spacial score (nSPS) is 17.6. The van der Waals surface area contributed by atoms with Crippen LogP contribution in [-0.2, 0) is 16.9 Å². The highest BCUT2D eigenvalue weighted by molar-refractivity contribution is 7.15. The van der Waals surface area contributed by atoms with Crippen LogP contribution in [0.2, 0.25) is 0 Å². The van der Waals surface area contributed by atoms with E-state index < -0.39 is 0 Å². The van der Waals surface area contributed by atoms with Crippen LogP contribution in [0.15, 0.2) is 0 Å². The highest BCUT2D eigenvalue weighted by Gasteiger charge is 2.25. The summed E-state index contributed by atoms with van der Waals surface area (Å²) >= 11 is 1.73. The molecule has 108 valence electrons. The second-order valence-electron chi connectivity index (χ2n) is 5.83. The van der Waals surface area contributed by atoms with E-state index in [1.165, 1.54) is 25.7 Å². The SMILES string of the molecule is COCc1nc(N2CCCCCC2)sc1C(C)(C)N. The Kier molecular flexibility index (Phi) is 4.81. The van der Waals surface area contributed by atoms with E-state index in [9.17, 15) is 0 Å². The van der Waals surface area contributed by atoms with Crippen LogP contribution in [0.25, 0.3) is 0 Å². The molecule has 0 atom stereocenters. The van der Waals surface area contributed by atoms with Gasteiger partial charge in [0.05, 0.1) is 17.2 Å². The molecular formula is C14H25N3OS. The van der Waals surface area contributed by atoms with Crippen LogP contribution in [0, 0.1) is 0 Å². The number of anilines is 1. The van der Waals surface area contributed by atoms with Crippen molar-refractivity contribution in [3.05, 3.63) is 10.6 Å². The summed E-state index contributed by atoms with van der Waals surface area (Å²) in [7, 11) is 1.71. The van der Waals surface area contributed by atoms with Gasteiger partial charge in [-0.05, 0) is 26.7 Å². The van der Waals surface area contributed by atoms with Crippen LogP contribution < -0.4 is 10.6 Å². The molecule has 1 aromatic heterocycles. The molecule has 2 heterocycles. The van der Waals surface area contributed by atoms with E-state index >= 15 is 0 Å². The second kappa shape index (κ2) is 6.20. The summed E-state index contributed by atoms with van der Waals surface area (Å²) in [4.78, 5) is 8.33. The van der Waals surface area contributed by atoms with Crippen LogP contribution in [-0.4, -0.2) is 25.2 Å². The van der Waals surface area contributed by atoms with E-state index in [-0.39, 0.29) is 5.54 Å². The summed E-state index contributed by atoms with van der Waals surface area (Å²) in [6, 6.07) is 0. The smallest absolute Gasteiger partial charge is 0.185 e. The zero-order chi connectivity index (χ0) is 13.9. The number of ether oxygens (including phenoxy) is 1. The summed E-state index contributed by atoms with van der Waals surface area (Å²) in [5.74, 6) is 0. The molecule has 2 N–H and O–H groups in total. The lowest BCUT2D eigenvalue weighted by Gasteiger charge is -2.19. The average molecular weight is 283 g/mol. The van der Waals surface area contributed by atoms with Crippen molar-refractivity contribution in [1.29, 1.82) is 0 Å². The molecule has 1 aliphatic heterocycles. The third kappa shape index (κ3) is 3.68. The van der Waals surface area contributed by atoms with Gasteiger partial charge in [-0.1, -0.05) is 24.2 Å². The summed E-state index contributed by atoms with van der Waals surface area (Å²) in [6.07, 6.45) is 5.20. The number of methoxy groups -OCH3 is 1. The lowest BCUT2D eigenvalue weighted by Crippen LogP contribution is -2.28. The largest absolute Gasteiger partial charge is 0.378 e. The number of hydrogen-bond acceptors (Lipinski definition) is 5. The molecule has 0 aromatic carbocycles. The van der Waals surface area contributed by atoms with E-state index in [4.69, 9.17) is 15.5 Å². The van der Waals surface area contributed by atoms with Crippen LogP contribution in [0.4, 0.5) is 5.13 Å². The van der Waals surface area contributed by atoms with E-state index in [1.807, 2.05) is 13.8 Å². The van der Waals surface area contributed by atoms with E-state index in [0.717, 1.165) is 28.8 Å². The van der Waals surface area contributed by atoms with E-state index in [2.05, 4.69) is 4.90 Å². The first-order chi connectivity index (χ1) is 9.02. The molecule has 4 nitrogen and oxygen atoms in total. The topological polar surface area (TPSA) is 51.4 Å². The molecule has 1 saturated heterocycles. The molecule has 0 radical (unpaired) electrons. The van der Waals surface area contributed by atoms with Crippen LogP contribution in [0.1, 0.15) is 50.1 Å². The third-order valence-electron chi connectivity index (χ3n) is 3.43. The summed E-state index contributed by atoms with van der Waals surface area (Å²) < 4.78 is 5.26. The molecule has 1 aromatic rings. The van der Waals surface area contributed by atoms with Crippen molar-refractivity contribution in [1.82, 2.24) is 4.98 Å². The van der Waals surface area contributed by atoms with Crippen LogP contribution >= 0.6 is 11.3 Å². The highest BCUT2D eigenvalue weighted by Crippen LogP contribution is 2.34. The first-order valence-corrected chi connectivity index (χ1v) is 7.87. The lowest BCUT2D eigenvalue weighted by atomic mass is 10.0. The number of rotatable bonds is 4. The van der Waals surface area contributed by atoms with E-state index in [1.54, 1.807) is 18.4 Å². The van der Waals surface area contributed by atoms with Crippen molar-refractivity contribution in [3.8, 4) is 0 Å². The molecule has 0 amide bonds. The fourth-order valence-electron chi connectivity index (χ4n) is 2.47. The van der Waals surface area contributed by atoms with Gasteiger partial charge in [-0.2, -0.15) is 0 Å². The Hall–Kier alpha value is -0.650. The molecule has 1 fully saturated rings. The molecular weight excluding hydrogens is 258 g/mol. The molecule has 0 bridgehead atoms. The van der Waals surface area contributed by atoms with E-state index in [0.29, 0.717) is 6.61 Å². The summed E-state index contributed by atoms with van der Waals surface area (Å²) in [5, 5.41) is 1.11. The Morgan fingerprint density at radius 2 is 1.89 bits per heavy atom. The minimum Gasteiger partial charge on any atom is -0.378 e. The van der Waals surface area contributed by atoms with Gasteiger partial charge in [0.15, 0.2) is 5.13 Å². The van der Waals surface area contributed by atoms with Gasteiger partial charge in [-0.15, -0.1) is 0 Å². The summed E-state index contributed by atoms with van der Waals surface area (Å²) in [6.45, 7) is 6.84. The maximum Gasteiger partial charge on any atom is 0.185 e. The Balaban J connectivity index is 2.25. The van der Waals surface area contributed by atoms with Crippen molar-refractivity contribution in [3.63, 3.8) is 0 Å². The number of hydrogen-bond donors (Lipinski definition) is 1. The lowest BCUT2D eigenvalue weighted by molar-refractivity contribution is 0.180. The number of nitrogens with zero attached hydrogens (tertiary/aromatic N) is 2. The molecule has 0 saturated carbocycles. The van der Waals surface area contributed by atoms with Crippen LogP contribution in [0.3, 0.4) is 0 Å². The minimum absolute atomic E-state index is 0.352. The van der Waals surface area contributed by atoms with Crippen molar-refractivity contribution in [2.24, 2.45) is 5.73 Å². The van der Waals surface area contributed by atoms with Crippen LogP contribution in [0.5, 0.6) is 0 Å². The van der Waals surface area contributed by atoms with Crippen molar-refractivity contribution in [2.75, 3.05) is 25.1 Å². The van der Waals surface area contributed by atoms with Gasteiger partial charge in [0.1, 0.15) is 0 Å².